The lowest BCUT2D eigenvalue weighted by molar-refractivity contribution is -0.190. The summed E-state index contributed by atoms with van der Waals surface area (Å²) in [5, 5.41) is 12.3. The van der Waals surface area contributed by atoms with E-state index in [0.29, 0.717) is 35.4 Å². The van der Waals surface area contributed by atoms with Gasteiger partial charge in [0.2, 0.25) is 6.29 Å². The minimum Gasteiger partial charge on any atom is -0.425 e. The molecule has 2 aliphatic rings. The number of ether oxygens (including phenoxy) is 5. The maximum absolute atomic E-state index is 13.5. The van der Waals surface area contributed by atoms with Gasteiger partial charge >= 0.3 is 11.9 Å². The summed E-state index contributed by atoms with van der Waals surface area (Å²) in [5.41, 5.74) is 2.62. The number of esters is 2. The standard InChI is InChI=1S/C46H53N5O10S2/c1-7-58-36(35-29-63-44(48-35)50-46(32-17-11-8-12-18-32,33-19-13-9-14-20-33)34-21-15-10-16-22-34)27-59-47-25-37(52)49-38-40(53)51-39(31(28-62-41(38)51)26-57-24-23-56-6)42(54)60-30(2)61-43(55)45(3,4)5/h8-22,25,29-30,36,38,41H,7,23-24,26-28H2,1-6H3,(H,48,50)(H,49,52)/b47-25-/t30?,36?,38?,41-/m0/s1. The lowest BCUT2D eigenvalue weighted by Gasteiger charge is -2.49. The number of benzene rings is 3. The third-order valence-electron chi connectivity index (χ3n) is 10.0. The van der Waals surface area contributed by atoms with Crippen LogP contribution in [0.5, 0.6) is 0 Å². The number of carbonyl (C=O) groups excluding carboxylic acids is 4. The van der Waals surface area contributed by atoms with Gasteiger partial charge in [-0.25, -0.2) is 9.78 Å². The quantitative estimate of drug-likeness (QED) is 0.0178. The number of carbonyl (C=O) groups is 4. The van der Waals surface area contributed by atoms with E-state index in [1.807, 2.05) is 66.9 Å². The van der Waals surface area contributed by atoms with Crippen molar-refractivity contribution in [3.63, 3.8) is 0 Å². The van der Waals surface area contributed by atoms with E-state index < -0.39 is 58.5 Å². The number of amides is 2. The largest absolute Gasteiger partial charge is 0.425 e. The molecule has 0 radical (unpaired) electrons. The number of fused-ring (bicyclic) bond motifs is 1. The molecule has 4 aromatic rings. The van der Waals surface area contributed by atoms with Crippen LogP contribution >= 0.6 is 23.1 Å². The summed E-state index contributed by atoms with van der Waals surface area (Å²) in [5.74, 6) is -2.31. The summed E-state index contributed by atoms with van der Waals surface area (Å²) in [6.45, 7) is 9.27. The van der Waals surface area contributed by atoms with E-state index in [-0.39, 0.29) is 25.5 Å². The number of thioether (sulfide) groups is 1. The van der Waals surface area contributed by atoms with Crippen molar-refractivity contribution in [3.05, 3.63) is 130 Å². The first-order valence-corrected chi connectivity index (χ1v) is 22.4. The zero-order valence-electron chi connectivity index (χ0n) is 36.1. The molecule has 63 heavy (non-hydrogen) atoms. The van der Waals surface area contributed by atoms with Crippen LogP contribution in [0.2, 0.25) is 0 Å². The molecule has 6 rings (SSSR count). The topological polar surface area (TPSA) is 176 Å². The fourth-order valence-corrected chi connectivity index (χ4v) is 9.05. The molecule has 3 aromatic carbocycles. The molecule has 4 atom stereocenters. The average molecular weight is 900 g/mol. The van der Waals surface area contributed by atoms with Crippen LogP contribution in [0, 0.1) is 5.41 Å². The molecular formula is C46H53N5O10S2. The van der Waals surface area contributed by atoms with Crippen molar-refractivity contribution in [1.82, 2.24) is 15.2 Å². The number of anilines is 1. The van der Waals surface area contributed by atoms with Crippen molar-refractivity contribution in [2.75, 3.05) is 51.2 Å². The van der Waals surface area contributed by atoms with Crippen molar-refractivity contribution in [3.8, 4) is 0 Å². The van der Waals surface area contributed by atoms with Crippen LogP contribution in [-0.2, 0) is 53.2 Å². The molecule has 17 heteroatoms. The molecule has 1 saturated heterocycles. The minimum atomic E-state index is -1.22. The Morgan fingerprint density at radius 1 is 0.937 bits per heavy atom. The van der Waals surface area contributed by atoms with Crippen molar-refractivity contribution in [2.24, 2.45) is 10.6 Å². The molecule has 2 amide bonds. The van der Waals surface area contributed by atoms with Crippen molar-refractivity contribution in [1.29, 1.82) is 0 Å². The Kier molecular flexibility index (Phi) is 16.1. The summed E-state index contributed by atoms with van der Waals surface area (Å²) in [6.07, 6.45) is -0.891. The Hall–Kier alpha value is -5.59. The molecule has 1 fully saturated rings. The molecule has 0 aliphatic carbocycles. The third-order valence-corrected chi connectivity index (χ3v) is 12.1. The van der Waals surface area contributed by atoms with E-state index in [1.165, 1.54) is 34.9 Å². The first kappa shape index (κ1) is 46.9. The van der Waals surface area contributed by atoms with Crippen molar-refractivity contribution >= 4 is 58.2 Å². The fraction of sp³-hybridized carbons (Fsp3) is 0.391. The van der Waals surface area contributed by atoms with Crippen LogP contribution in [0.15, 0.2) is 113 Å². The molecule has 0 saturated carbocycles. The van der Waals surface area contributed by atoms with Crippen LogP contribution in [0.25, 0.3) is 0 Å². The first-order valence-electron chi connectivity index (χ1n) is 20.5. The second kappa shape index (κ2) is 21.7. The number of thiazole rings is 1. The molecule has 2 N–H and O–H groups in total. The fourth-order valence-electron chi connectivity index (χ4n) is 6.92. The maximum Gasteiger partial charge on any atom is 0.358 e. The molecule has 1 aromatic heterocycles. The highest BCUT2D eigenvalue weighted by Crippen LogP contribution is 2.42. The molecule has 15 nitrogen and oxygen atoms in total. The monoisotopic (exact) mass is 899 g/mol. The lowest BCUT2D eigenvalue weighted by atomic mass is 9.77. The van der Waals surface area contributed by atoms with Gasteiger partial charge in [0.15, 0.2) is 5.13 Å². The zero-order valence-corrected chi connectivity index (χ0v) is 37.7. The van der Waals surface area contributed by atoms with Gasteiger partial charge in [0.1, 0.15) is 41.6 Å². The Balaban J connectivity index is 1.10. The third kappa shape index (κ3) is 11.3. The number of β-lactam (4-membered cyclic amide) rings is 1. The van der Waals surface area contributed by atoms with Crippen LogP contribution in [0.4, 0.5) is 5.13 Å². The number of nitrogens with one attached hydrogen (secondary N) is 2. The summed E-state index contributed by atoms with van der Waals surface area (Å²) in [6, 6.07) is 29.7. The lowest BCUT2D eigenvalue weighted by Crippen LogP contribution is -2.70. The zero-order chi connectivity index (χ0) is 45.0. The predicted octanol–water partition coefficient (Wildman–Crippen LogP) is 6.42. The van der Waals surface area contributed by atoms with E-state index in [4.69, 9.17) is 33.5 Å². The second-order valence-corrected chi connectivity index (χ2v) is 17.5. The second-order valence-electron chi connectivity index (χ2n) is 15.5. The number of hydrogen-bond donors (Lipinski definition) is 2. The van der Waals surface area contributed by atoms with Crippen LogP contribution in [0.1, 0.15) is 63.1 Å². The van der Waals surface area contributed by atoms with E-state index in [9.17, 15) is 19.2 Å². The highest BCUT2D eigenvalue weighted by molar-refractivity contribution is 8.00. The van der Waals surface area contributed by atoms with E-state index in [2.05, 4.69) is 52.2 Å². The molecular weight excluding hydrogens is 847 g/mol. The van der Waals surface area contributed by atoms with Crippen LogP contribution in [0.3, 0.4) is 0 Å². The number of methoxy groups -OCH3 is 1. The summed E-state index contributed by atoms with van der Waals surface area (Å²) < 4.78 is 27.5. The Labute approximate surface area is 375 Å². The van der Waals surface area contributed by atoms with Gasteiger partial charge in [-0.1, -0.05) is 96.2 Å². The predicted molar refractivity (Wildman–Crippen MR) is 240 cm³/mol. The number of rotatable bonds is 21. The van der Waals surface area contributed by atoms with Crippen LogP contribution < -0.4 is 10.6 Å². The van der Waals surface area contributed by atoms with E-state index >= 15 is 0 Å². The average Bonchev–Trinajstić information content (AvgIpc) is 3.75. The van der Waals surface area contributed by atoms with Crippen LogP contribution in [-0.4, -0.2) is 103 Å². The van der Waals surface area contributed by atoms with Gasteiger partial charge in [0, 0.05) is 31.8 Å². The number of oxime groups is 1. The number of nitrogens with zero attached hydrogens (tertiary/aromatic N) is 3. The molecule has 0 spiro atoms. The van der Waals surface area contributed by atoms with Gasteiger partial charge in [-0.15, -0.1) is 23.1 Å². The Bertz CT molecular complexity index is 2140. The van der Waals surface area contributed by atoms with Gasteiger partial charge in [-0.2, -0.15) is 0 Å². The minimum absolute atomic E-state index is 0.0180. The highest BCUT2D eigenvalue weighted by atomic mass is 32.2. The molecule has 3 heterocycles. The van der Waals surface area contributed by atoms with Gasteiger partial charge in [0.05, 0.1) is 30.9 Å². The Morgan fingerprint density at radius 2 is 1.56 bits per heavy atom. The smallest absolute Gasteiger partial charge is 0.358 e. The van der Waals surface area contributed by atoms with Gasteiger partial charge in [-0.05, 0) is 50.0 Å². The Morgan fingerprint density at radius 3 is 2.13 bits per heavy atom. The summed E-state index contributed by atoms with van der Waals surface area (Å²) in [4.78, 5) is 64.3. The van der Waals surface area contributed by atoms with E-state index in [1.54, 1.807) is 27.9 Å². The number of aromatic nitrogens is 1. The first-order chi connectivity index (χ1) is 30.4. The van der Waals surface area contributed by atoms with Gasteiger partial charge in [-0.3, -0.25) is 19.3 Å². The molecule has 334 valence electrons. The maximum atomic E-state index is 13.5. The van der Waals surface area contributed by atoms with Gasteiger partial charge in [0.25, 0.3) is 11.8 Å². The number of hydrogen-bond acceptors (Lipinski definition) is 15. The highest BCUT2D eigenvalue weighted by Gasteiger charge is 2.54. The molecule has 3 unspecified atom stereocenters. The molecule has 2 aliphatic heterocycles. The van der Waals surface area contributed by atoms with Crippen molar-refractivity contribution < 1.29 is 47.7 Å². The molecule has 0 bridgehead atoms. The summed E-state index contributed by atoms with van der Waals surface area (Å²) in [7, 11) is 1.54. The summed E-state index contributed by atoms with van der Waals surface area (Å²) >= 11 is 2.79. The van der Waals surface area contributed by atoms with E-state index in [0.717, 1.165) is 22.9 Å². The van der Waals surface area contributed by atoms with Crippen molar-refractivity contribution in [2.45, 2.75) is 64.0 Å². The SMILES string of the molecule is CCOC(CO/N=C\C(=O)NC1C(=O)N2C(C(=O)OC(C)OC(=O)C(C)(C)C)=C(COCCOC)CS[C@@H]12)c1csc(NC(c2ccccc2)(c2ccccc2)c2ccccc2)n1. The van der Waals surface area contributed by atoms with Gasteiger partial charge < -0.3 is 39.2 Å². The normalized spacial score (nSPS) is 17.4.